The Hall–Kier alpha value is -3.15. The van der Waals surface area contributed by atoms with Gasteiger partial charge in [0.05, 0.1) is 18.1 Å². The van der Waals surface area contributed by atoms with Gasteiger partial charge in [-0.25, -0.2) is 9.37 Å². The summed E-state index contributed by atoms with van der Waals surface area (Å²) in [6.07, 6.45) is 8.86. The van der Waals surface area contributed by atoms with Gasteiger partial charge in [-0.15, -0.1) is 0 Å². The molecular weight excluding hydrogens is 343 g/mol. The van der Waals surface area contributed by atoms with E-state index in [1.54, 1.807) is 18.2 Å². The molecule has 2 aromatic heterocycles. The Labute approximate surface area is 156 Å². The smallest absolute Gasteiger partial charge is 0.151 e. The van der Waals surface area contributed by atoms with E-state index in [0.717, 1.165) is 30.4 Å². The van der Waals surface area contributed by atoms with E-state index in [4.69, 9.17) is 5.73 Å². The van der Waals surface area contributed by atoms with Gasteiger partial charge in [-0.3, -0.25) is 14.8 Å². The maximum Gasteiger partial charge on any atom is 0.151 e. The fraction of sp³-hybridized carbons (Fsp3) is 0.238. The van der Waals surface area contributed by atoms with Gasteiger partial charge < -0.3 is 5.73 Å². The average Bonchev–Trinajstić information content (AvgIpc) is 2.65. The molecule has 1 fully saturated rings. The molecule has 0 radical (unpaired) electrons. The number of nitrogens with two attached hydrogens (primary N) is 1. The minimum atomic E-state index is -0.292. The fourth-order valence-corrected chi connectivity index (χ4v) is 3.38. The van der Waals surface area contributed by atoms with Crippen LogP contribution in [-0.4, -0.2) is 21.2 Å². The molecule has 1 aliphatic rings. The maximum absolute atomic E-state index is 15.5. The van der Waals surface area contributed by atoms with Gasteiger partial charge in [0.1, 0.15) is 11.6 Å². The SMILES string of the molecule is Nc1cnc(-c2ccc(C3CCC3)c(Cc3ccc(C=O)cn3)c2F)cn1. The Morgan fingerprint density at radius 2 is 1.93 bits per heavy atom. The van der Waals surface area contributed by atoms with Gasteiger partial charge in [0.25, 0.3) is 0 Å². The van der Waals surface area contributed by atoms with Crippen LogP contribution in [0.4, 0.5) is 10.2 Å². The summed E-state index contributed by atoms with van der Waals surface area (Å²) in [6, 6.07) is 7.24. The summed E-state index contributed by atoms with van der Waals surface area (Å²) in [5.74, 6) is 0.389. The lowest BCUT2D eigenvalue weighted by Crippen LogP contribution is -2.13. The summed E-state index contributed by atoms with van der Waals surface area (Å²) in [6.45, 7) is 0. The van der Waals surface area contributed by atoms with Crippen molar-refractivity contribution in [3.8, 4) is 11.3 Å². The van der Waals surface area contributed by atoms with Crippen LogP contribution >= 0.6 is 0 Å². The normalized spacial score (nSPS) is 14.0. The zero-order chi connectivity index (χ0) is 18.8. The predicted octanol–water partition coefficient (Wildman–Crippen LogP) is 3.93. The van der Waals surface area contributed by atoms with Crippen molar-refractivity contribution in [3.05, 3.63) is 71.1 Å². The highest BCUT2D eigenvalue weighted by molar-refractivity contribution is 5.73. The topological polar surface area (TPSA) is 81.8 Å². The molecule has 2 heterocycles. The van der Waals surface area contributed by atoms with Crippen molar-refractivity contribution in [2.45, 2.75) is 31.6 Å². The number of pyridine rings is 1. The van der Waals surface area contributed by atoms with Gasteiger partial charge in [-0.2, -0.15) is 0 Å². The van der Waals surface area contributed by atoms with Gasteiger partial charge in [0, 0.05) is 29.4 Å². The largest absolute Gasteiger partial charge is 0.382 e. The Morgan fingerprint density at radius 3 is 2.52 bits per heavy atom. The van der Waals surface area contributed by atoms with E-state index >= 15 is 4.39 Å². The highest BCUT2D eigenvalue weighted by atomic mass is 19.1. The molecule has 1 aromatic carbocycles. The van der Waals surface area contributed by atoms with Crippen molar-refractivity contribution >= 4 is 12.1 Å². The Kier molecular flexibility index (Phi) is 4.62. The Balaban J connectivity index is 1.76. The minimum Gasteiger partial charge on any atom is -0.382 e. The van der Waals surface area contributed by atoms with Crippen LogP contribution in [0.3, 0.4) is 0 Å². The molecule has 6 heteroatoms. The second kappa shape index (κ2) is 7.23. The molecule has 27 heavy (non-hydrogen) atoms. The van der Waals surface area contributed by atoms with Gasteiger partial charge in [0.15, 0.2) is 6.29 Å². The van der Waals surface area contributed by atoms with Crippen molar-refractivity contribution in [1.82, 2.24) is 15.0 Å². The van der Waals surface area contributed by atoms with E-state index < -0.39 is 0 Å². The molecule has 0 aliphatic heterocycles. The Morgan fingerprint density at radius 1 is 1.07 bits per heavy atom. The maximum atomic E-state index is 15.5. The highest BCUT2D eigenvalue weighted by Gasteiger charge is 2.26. The standard InChI is InChI=1S/C21H19FN4O/c22-21-17(19-10-26-20(23)11-25-19)7-6-16(14-2-1-3-14)18(21)8-15-5-4-13(12-27)9-24-15/h4-7,9-12,14H,1-3,8H2,(H2,23,26). The van der Waals surface area contributed by atoms with Gasteiger partial charge in [-0.05, 0) is 48.1 Å². The predicted molar refractivity (Wildman–Crippen MR) is 101 cm³/mol. The van der Waals surface area contributed by atoms with Crippen LogP contribution in [-0.2, 0) is 6.42 Å². The molecule has 1 saturated carbocycles. The minimum absolute atomic E-state index is 0.292. The highest BCUT2D eigenvalue weighted by Crippen LogP contribution is 2.40. The summed E-state index contributed by atoms with van der Waals surface area (Å²) in [5.41, 5.74) is 9.35. The first-order chi connectivity index (χ1) is 13.2. The first kappa shape index (κ1) is 17.3. The summed E-state index contributed by atoms with van der Waals surface area (Å²) in [4.78, 5) is 23.3. The summed E-state index contributed by atoms with van der Waals surface area (Å²) in [5, 5.41) is 0. The summed E-state index contributed by atoms with van der Waals surface area (Å²) < 4.78 is 15.5. The van der Waals surface area contributed by atoms with E-state index in [0.29, 0.717) is 40.5 Å². The fourth-order valence-electron chi connectivity index (χ4n) is 3.38. The van der Waals surface area contributed by atoms with Gasteiger partial charge in [0.2, 0.25) is 0 Å². The van der Waals surface area contributed by atoms with Crippen molar-refractivity contribution in [2.24, 2.45) is 0 Å². The third-order valence-electron chi connectivity index (χ3n) is 5.11. The van der Waals surface area contributed by atoms with Crippen molar-refractivity contribution in [2.75, 3.05) is 5.73 Å². The van der Waals surface area contributed by atoms with Crippen LogP contribution < -0.4 is 5.73 Å². The molecule has 0 bridgehead atoms. The number of nitrogens with zero attached hydrogens (tertiary/aromatic N) is 3. The van der Waals surface area contributed by atoms with Crippen molar-refractivity contribution in [3.63, 3.8) is 0 Å². The molecule has 2 N–H and O–H groups in total. The number of carbonyl (C=O) groups is 1. The molecule has 0 atom stereocenters. The van der Waals surface area contributed by atoms with Crippen molar-refractivity contribution < 1.29 is 9.18 Å². The molecular formula is C21H19FN4O. The first-order valence-corrected chi connectivity index (χ1v) is 8.95. The quantitative estimate of drug-likeness (QED) is 0.696. The third-order valence-corrected chi connectivity index (χ3v) is 5.11. The number of aldehydes is 1. The van der Waals surface area contributed by atoms with E-state index in [1.165, 1.54) is 25.0 Å². The van der Waals surface area contributed by atoms with Crippen LogP contribution in [0.2, 0.25) is 0 Å². The number of anilines is 1. The van der Waals surface area contributed by atoms with Crippen LogP contribution in [0, 0.1) is 5.82 Å². The Bertz CT molecular complexity index is 967. The summed E-state index contributed by atoms with van der Waals surface area (Å²) in [7, 11) is 0. The number of benzene rings is 1. The first-order valence-electron chi connectivity index (χ1n) is 8.95. The van der Waals surface area contributed by atoms with E-state index in [-0.39, 0.29) is 5.82 Å². The number of rotatable bonds is 5. The van der Waals surface area contributed by atoms with Gasteiger partial charge >= 0.3 is 0 Å². The zero-order valence-corrected chi connectivity index (χ0v) is 14.7. The average molecular weight is 362 g/mol. The number of hydrogen-bond donors (Lipinski definition) is 1. The van der Waals surface area contributed by atoms with Crippen LogP contribution in [0.25, 0.3) is 11.3 Å². The number of aromatic nitrogens is 3. The second-order valence-electron chi connectivity index (χ2n) is 6.83. The molecule has 5 nitrogen and oxygen atoms in total. The summed E-state index contributed by atoms with van der Waals surface area (Å²) >= 11 is 0. The number of nitrogen functional groups attached to an aromatic ring is 1. The third kappa shape index (κ3) is 3.43. The second-order valence-corrected chi connectivity index (χ2v) is 6.83. The van der Waals surface area contributed by atoms with Crippen LogP contribution in [0.5, 0.6) is 0 Å². The van der Waals surface area contributed by atoms with E-state index in [9.17, 15) is 4.79 Å². The molecule has 1 aliphatic carbocycles. The lowest BCUT2D eigenvalue weighted by atomic mass is 9.77. The molecule has 4 rings (SSSR count). The number of halogens is 1. The van der Waals surface area contributed by atoms with E-state index in [2.05, 4.69) is 15.0 Å². The number of carbonyl (C=O) groups excluding carboxylic acids is 1. The molecule has 0 spiro atoms. The number of hydrogen-bond acceptors (Lipinski definition) is 5. The molecule has 136 valence electrons. The zero-order valence-electron chi connectivity index (χ0n) is 14.7. The molecule has 0 amide bonds. The molecule has 0 unspecified atom stereocenters. The van der Waals surface area contributed by atoms with Crippen LogP contribution in [0.15, 0.2) is 42.9 Å². The lowest BCUT2D eigenvalue weighted by molar-refractivity contribution is 0.112. The molecule has 3 aromatic rings. The van der Waals surface area contributed by atoms with Crippen LogP contribution in [0.1, 0.15) is 52.4 Å². The van der Waals surface area contributed by atoms with Crippen molar-refractivity contribution in [1.29, 1.82) is 0 Å². The molecule has 0 saturated heterocycles. The monoisotopic (exact) mass is 362 g/mol. The lowest BCUT2D eigenvalue weighted by Gasteiger charge is -2.28. The van der Waals surface area contributed by atoms with E-state index in [1.807, 2.05) is 6.07 Å². The van der Waals surface area contributed by atoms with Gasteiger partial charge in [-0.1, -0.05) is 12.5 Å².